The molecule has 3 aromatic carbocycles. The van der Waals surface area contributed by atoms with Crippen LogP contribution in [0.25, 0.3) is 0 Å². The highest BCUT2D eigenvalue weighted by molar-refractivity contribution is 7.99. The number of benzene rings is 3. The summed E-state index contributed by atoms with van der Waals surface area (Å²) in [6.45, 7) is 5.79. The molecule has 0 atom stereocenters. The first-order chi connectivity index (χ1) is 17.9. The van der Waals surface area contributed by atoms with Gasteiger partial charge in [0.05, 0.1) is 4.75 Å². The van der Waals surface area contributed by atoms with Gasteiger partial charge in [-0.25, -0.2) is 4.79 Å². The zero-order valence-corrected chi connectivity index (χ0v) is 22.8. The van der Waals surface area contributed by atoms with Crippen molar-refractivity contribution in [1.82, 2.24) is 4.57 Å². The van der Waals surface area contributed by atoms with Crippen LogP contribution < -0.4 is 0 Å². The third kappa shape index (κ3) is 5.26. The number of thioether (sulfide) groups is 1. The first kappa shape index (κ1) is 25.4. The molecule has 0 bridgehead atoms. The van der Waals surface area contributed by atoms with Crippen LogP contribution in [0.5, 0.6) is 0 Å². The summed E-state index contributed by atoms with van der Waals surface area (Å²) in [6, 6.07) is 34.4. The minimum absolute atomic E-state index is 0.268. The van der Waals surface area contributed by atoms with E-state index in [1.54, 1.807) is 0 Å². The van der Waals surface area contributed by atoms with E-state index < -0.39 is 10.3 Å². The second kappa shape index (κ2) is 10.6. The van der Waals surface area contributed by atoms with Crippen molar-refractivity contribution in [1.29, 1.82) is 0 Å². The first-order valence-electron chi connectivity index (χ1n) is 13.1. The van der Waals surface area contributed by atoms with Crippen molar-refractivity contribution in [3.8, 4) is 0 Å². The number of fused-ring (bicyclic) bond motifs is 1. The van der Waals surface area contributed by atoms with Crippen molar-refractivity contribution in [2.75, 3.05) is 0 Å². The number of carbonyl (C=O) groups excluding carboxylic acids is 1. The second-order valence-electron chi connectivity index (χ2n) is 10.7. The summed E-state index contributed by atoms with van der Waals surface area (Å²) in [6.07, 6.45) is 3.94. The SMILES string of the molecule is CC(C)(C)OC(=O)n1c(CSC(c2ccccc2)(c2ccccc2)c2ccccc2)cc2c1CCCC2. The maximum Gasteiger partial charge on any atom is 0.418 e. The lowest BCUT2D eigenvalue weighted by Gasteiger charge is -2.35. The van der Waals surface area contributed by atoms with Gasteiger partial charge in [-0.05, 0) is 74.8 Å². The minimum Gasteiger partial charge on any atom is -0.443 e. The summed E-state index contributed by atoms with van der Waals surface area (Å²) in [5.74, 6) is 0.672. The highest BCUT2D eigenvalue weighted by Gasteiger charge is 2.38. The Hall–Kier alpha value is -3.24. The topological polar surface area (TPSA) is 31.2 Å². The molecule has 0 unspecified atom stereocenters. The summed E-state index contributed by atoms with van der Waals surface area (Å²) >= 11 is 1.87. The molecular weight excluding hydrogens is 474 g/mol. The van der Waals surface area contributed by atoms with Crippen LogP contribution in [0, 0.1) is 0 Å². The van der Waals surface area contributed by atoms with Gasteiger partial charge in [-0.3, -0.25) is 4.57 Å². The minimum atomic E-state index is -0.546. The van der Waals surface area contributed by atoms with Crippen LogP contribution >= 0.6 is 11.8 Å². The molecule has 0 radical (unpaired) electrons. The largest absolute Gasteiger partial charge is 0.443 e. The average molecular weight is 510 g/mol. The van der Waals surface area contributed by atoms with Crippen LogP contribution in [0.1, 0.15) is 67.3 Å². The Bertz CT molecular complexity index is 1240. The Balaban J connectivity index is 1.63. The lowest BCUT2D eigenvalue weighted by Crippen LogP contribution is -2.30. The fraction of sp³-hybridized carbons (Fsp3) is 0.303. The zero-order valence-electron chi connectivity index (χ0n) is 21.9. The Morgan fingerprint density at radius 3 is 1.76 bits per heavy atom. The molecular formula is C33H35NO2S. The number of rotatable bonds is 6. The molecule has 0 aliphatic heterocycles. The van der Waals surface area contributed by atoms with E-state index in [0.29, 0.717) is 5.75 Å². The standard InChI is InChI=1S/C33H35NO2S/c1-32(2,3)36-31(35)34-29(23-25-15-13-14-22-30(25)34)24-37-33(26-16-7-4-8-17-26,27-18-9-5-10-19-27)28-20-11-6-12-21-28/h4-12,16-21,23H,13-15,22,24H2,1-3H3. The second-order valence-corrected chi connectivity index (χ2v) is 11.9. The number of nitrogens with zero attached hydrogens (tertiary/aromatic N) is 1. The molecule has 3 nitrogen and oxygen atoms in total. The normalized spacial score (nSPS) is 13.7. The number of aryl methyl sites for hydroxylation is 1. The lowest BCUT2D eigenvalue weighted by atomic mass is 9.84. The molecule has 0 saturated carbocycles. The van der Waals surface area contributed by atoms with E-state index in [-0.39, 0.29) is 6.09 Å². The zero-order chi connectivity index (χ0) is 25.9. The average Bonchev–Trinajstić information content (AvgIpc) is 3.29. The number of aromatic nitrogens is 1. The van der Waals surface area contributed by atoms with Gasteiger partial charge in [-0.15, -0.1) is 11.8 Å². The van der Waals surface area contributed by atoms with Gasteiger partial charge in [-0.1, -0.05) is 91.0 Å². The van der Waals surface area contributed by atoms with Gasteiger partial charge >= 0.3 is 6.09 Å². The smallest absolute Gasteiger partial charge is 0.418 e. The lowest BCUT2D eigenvalue weighted by molar-refractivity contribution is 0.0529. The fourth-order valence-corrected chi connectivity index (χ4v) is 6.84. The van der Waals surface area contributed by atoms with Gasteiger partial charge < -0.3 is 4.74 Å². The Morgan fingerprint density at radius 2 is 1.27 bits per heavy atom. The highest BCUT2D eigenvalue weighted by atomic mass is 32.2. The maximum atomic E-state index is 13.5. The molecule has 5 rings (SSSR count). The Morgan fingerprint density at radius 1 is 0.784 bits per heavy atom. The van der Waals surface area contributed by atoms with E-state index >= 15 is 0 Å². The van der Waals surface area contributed by atoms with Crippen LogP contribution in [0.4, 0.5) is 4.79 Å². The molecule has 0 amide bonds. The van der Waals surface area contributed by atoms with Crippen molar-refractivity contribution in [2.24, 2.45) is 0 Å². The van der Waals surface area contributed by atoms with Crippen LogP contribution in [0.2, 0.25) is 0 Å². The summed E-state index contributed by atoms with van der Waals surface area (Å²) in [4.78, 5) is 13.5. The van der Waals surface area contributed by atoms with Crippen molar-refractivity contribution in [3.63, 3.8) is 0 Å². The van der Waals surface area contributed by atoms with Crippen LogP contribution in [0.3, 0.4) is 0 Å². The van der Waals surface area contributed by atoms with Crippen LogP contribution in [0.15, 0.2) is 97.1 Å². The van der Waals surface area contributed by atoms with Gasteiger partial charge in [-0.2, -0.15) is 0 Å². The molecule has 4 aromatic rings. The van der Waals surface area contributed by atoms with E-state index in [9.17, 15) is 4.79 Å². The molecule has 0 saturated heterocycles. The fourth-order valence-electron chi connectivity index (χ4n) is 5.35. The number of carbonyl (C=O) groups is 1. The van der Waals surface area contributed by atoms with E-state index in [4.69, 9.17) is 4.74 Å². The van der Waals surface area contributed by atoms with E-state index in [1.165, 1.54) is 28.7 Å². The van der Waals surface area contributed by atoms with Crippen molar-refractivity contribution < 1.29 is 9.53 Å². The molecule has 1 aliphatic rings. The summed E-state index contributed by atoms with van der Waals surface area (Å²) < 4.78 is 7.33. The summed E-state index contributed by atoms with van der Waals surface area (Å²) in [5.41, 5.74) is 6.54. The summed E-state index contributed by atoms with van der Waals surface area (Å²) in [5, 5.41) is 0. The van der Waals surface area contributed by atoms with Gasteiger partial charge in [0.25, 0.3) is 0 Å². The third-order valence-corrected chi connectivity index (χ3v) is 8.51. The summed E-state index contributed by atoms with van der Waals surface area (Å²) in [7, 11) is 0. The van der Waals surface area contributed by atoms with Gasteiger partial charge in [0, 0.05) is 17.1 Å². The first-order valence-corrected chi connectivity index (χ1v) is 14.1. The van der Waals surface area contributed by atoms with E-state index in [2.05, 4.69) is 97.1 Å². The van der Waals surface area contributed by atoms with Gasteiger partial charge in [0.2, 0.25) is 0 Å². The molecule has 190 valence electrons. The number of hydrogen-bond acceptors (Lipinski definition) is 3. The molecule has 1 aliphatic carbocycles. The molecule has 1 heterocycles. The monoisotopic (exact) mass is 509 g/mol. The maximum absolute atomic E-state index is 13.5. The number of hydrogen-bond donors (Lipinski definition) is 0. The molecule has 4 heteroatoms. The number of ether oxygens (including phenoxy) is 1. The van der Waals surface area contributed by atoms with Crippen molar-refractivity contribution in [2.45, 2.75) is 62.6 Å². The third-order valence-electron chi connectivity index (χ3n) is 6.93. The molecule has 0 spiro atoms. The highest BCUT2D eigenvalue weighted by Crippen LogP contribution is 2.50. The van der Waals surface area contributed by atoms with E-state index in [0.717, 1.165) is 30.7 Å². The van der Waals surface area contributed by atoms with Crippen LogP contribution in [-0.2, 0) is 28.1 Å². The van der Waals surface area contributed by atoms with Crippen molar-refractivity contribution in [3.05, 3.63) is 131 Å². The predicted octanol–water partition coefficient (Wildman–Crippen LogP) is 8.38. The molecule has 0 fully saturated rings. The van der Waals surface area contributed by atoms with Gasteiger partial charge in [0.15, 0.2) is 0 Å². The van der Waals surface area contributed by atoms with Gasteiger partial charge in [0.1, 0.15) is 5.60 Å². The molecule has 37 heavy (non-hydrogen) atoms. The van der Waals surface area contributed by atoms with Crippen LogP contribution in [-0.4, -0.2) is 16.3 Å². The Kier molecular flexibility index (Phi) is 7.30. The Labute approximate surface area is 224 Å². The predicted molar refractivity (Wildman–Crippen MR) is 153 cm³/mol. The van der Waals surface area contributed by atoms with Crippen molar-refractivity contribution >= 4 is 17.9 Å². The quantitative estimate of drug-likeness (QED) is 0.245. The molecule has 1 aromatic heterocycles. The molecule has 0 N–H and O–H groups in total. The van der Waals surface area contributed by atoms with E-state index in [1.807, 2.05) is 37.1 Å².